The van der Waals surface area contributed by atoms with Crippen molar-refractivity contribution in [1.29, 1.82) is 0 Å². The molecule has 0 bridgehead atoms. The third-order valence-electron chi connectivity index (χ3n) is 11.0. The number of allylic oxidation sites excluding steroid dienone is 10. The van der Waals surface area contributed by atoms with Gasteiger partial charge in [-0.3, -0.25) is 14.4 Å². The SMILES string of the molecule is CC/C=C\C/C=C\C/C=C\C/C=C\CCCCCCC(=O)OC[C@H](COC(=O)CCCCCCCCCCCCCCC)OC(=O)CCCCCCC/C=C\CCCCCC. The summed E-state index contributed by atoms with van der Waals surface area (Å²) in [7, 11) is 0. The maximum absolute atomic E-state index is 12.8. The lowest BCUT2D eigenvalue weighted by Gasteiger charge is -2.18. The van der Waals surface area contributed by atoms with E-state index in [0.29, 0.717) is 19.3 Å². The summed E-state index contributed by atoms with van der Waals surface area (Å²) in [6.07, 6.45) is 60.5. The van der Waals surface area contributed by atoms with Crippen LogP contribution in [0, 0.1) is 0 Å². The van der Waals surface area contributed by atoms with Crippen LogP contribution in [0.4, 0.5) is 0 Å². The van der Waals surface area contributed by atoms with Crippen molar-refractivity contribution >= 4 is 17.9 Å². The molecule has 0 rings (SSSR count). The fraction of sp³-hybridized carbons (Fsp3) is 0.764. The molecule has 0 amide bonds. The average molecular weight is 853 g/mol. The van der Waals surface area contributed by atoms with Crippen LogP contribution in [0.3, 0.4) is 0 Å². The smallest absolute Gasteiger partial charge is 0.306 e. The third-order valence-corrected chi connectivity index (χ3v) is 11.0. The Morgan fingerprint density at radius 2 is 0.639 bits per heavy atom. The number of ether oxygens (including phenoxy) is 3. The summed E-state index contributed by atoms with van der Waals surface area (Å²) in [5.74, 6) is -0.912. The molecule has 0 heterocycles. The highest BCUT2D eigenvalue weighted by atomic mass is 16.6. The number of unbranched alkanes of at least 4 members (excludes halogenated alkanes) is 25. The Morgan fingerprint density at radius 1 is 0.344 bits per heavy atom. The molecule has 0 unspecified atom stereocenters. The van der Waals surface area contributed by atoms with Gasteiger partial charge >= 0.3 is 17.9 Å². The van der Waals surface area contributed by atoms with Crippen LogP contribution in [-0.2, 0) is 28.6 Å². The summed E-state index contributed by atoms with van der Waals surface area (Å²) >= 11 is 0. The van der Waals surface area contributed by atoms with Gasteiger partial charge in [0.15, 0.2) is 6.10 Å². The topological polar surface area (TPSA) is 78.9 Å². The number of hydrogen-bond acceptors (Lipinski definition) is 6. The molecular formula is C55H96O6. The molecule has 0 saturated carbocycles. The van der Waals surface area contributed by atoms with Crippen LogP contribution in [0.15, 0.2) is 60.8 Å². The Balaban J connectivity index is 4.41. The fourth-order valence-corrected chi connectivity index (χ4v) is 7.13. The van der Waals surface area contributed by atoms with Gasteiger partial charge in [-0.15, -0.1) is 0 Å². The second-order valence-corrected chi connectivity index (χ2v) is 17.1. The summed E-state index contributed by atoms with van der Waals surface area (Å²) in [5, 5.41) is 0. The van der Waals surface area contributed by atoms with Gasteiger partial charge < -0.3 is 14.2 Å². The highest BCUT2D eigenvalue weighted by Gasteiger charge is 2.19. The Morgan fingerprint density at radius 3 is 1.03 bits per heavy atom. The molecule has 1 atom stereocenters. The first-order valence-electron chi connectivity index (χ1n) is 25.8. The van der Waals surface area contributed by atoms with Gasteiger partial charge in [-0.25, -0.2) is 0 Å². The average Bonchev–Trinajstić information content (AvgIpc) is 3.26. The summed E-state index contributed by atoms with van der Waals surface area (Å²) in [5.41, 5.74) is 0. The quantitative estimate of drug-likeness (QED) is 0.0263. The molecule has 61 heavy (non-hydrogen) atoms. The molecule has 0 aliphatic rings. The molecule has 6 nitrogen and oxygen atoms in total. The van der Waals surface area contributed by atoms with Gasteiger partial charge in [-0.1, -0.05) is 210 Å². The van der Waals surface area contributed by atoms with Gasteiger partial charge in [-0.05, 0) is 83.5 Å². The highest BCUT2D eigenvalue weighted by molar-refractivity contribution is 5.71. The lowest BCUT2D eigenvalue weighted by Crippen LogP contribution is -2.30. The fourth-order valence-electron chi connectivity index (χ4n) is 7.13. The summed E-state index contributed by atoms with van der Waals surface area (Å²) in [6, 6.07) is 0. The monoisotopic (exact) mass is 853 g/mol. The van der Waals surface area contributed by atoms with Crippen LogP contribution in [0.1, 0.15) is 252 Å². The van der Waals surface area contributed by atoms with E-state index in [-0.39, 0.29) is 31.1 Å². The highest BCUT2D eigenvalue weighted by Crippen LogP contribution is 2.15. The zero-order chi connectivity index (χ0) is 44.4. The first-order valence-corrected chi connectivity index (χ1v) is 25.8. The van der Waals surface area contributed by atoms with E-state index in [4.69, 9.17) is 14.2 Å². The van der Waals surface area contributed by atoms with Crippen molar-refractivity contribution in [2.75, 3.05) is 13.2 Å². The molecule has 0 aromatic rings. The van der Waals surface area contributed by atoms with Crippen molar-refractivity contribution in [3.05, 3.63) is 60.8 Å². The first kappa shape index (κ1) is 58.1. The zero-order valence-corrected chi connectivity index (χ0v) is 40.2. The Hall–Kier alpha value is -2.89. The largest absolute Gasteiger partial charge is 0.462 e. The molecule has 0 fully saturated rings. The summed E-state index contributed by atoms with van der Waals surface area (Å²) < 4.78 is 16.8. The second kappa shape index (κ2) is 49.8. The Bertz CT molecular complexity index is 1120. The van der Waals surface area contributed by atoms with Crippen LogP contribution >= 0.6 is 0 Å². The molecule has 0 aromatic carbocycles. The maximum Gasteiger partial charge on any atom is 0.306 e. The van der Waals surface area contributed by atoms with Crippen LogP contribution in [0.2, 0.25) is 0 Å². The van der Waals surface area contributed by atoms with Gasteiger partial charge in [-0.2, -0.15) is 0 Å². The van der Waals surface area contributed by atoms with Crippen LogP contribution < -0.4 is 0 Å². The maximum atomic E-state index is 12.8. The van der Waals surface area contributed by atoms with Crippen molar-refractivity contribution in [2.24, 2.45) is 0 Å². The van der Waals surface area contributed by atoms with Gasteiger partial charge in [0, 0.05) is 19.3 Å². The molecule has 0 aliphatic heterocycles. The van der Waals surface area contributed by atoms with Crippen LogP contribution in [-0.4, -0.2) is 37.2 Å². The van der Waals surface area contributed by atoms with Crippen molar-refractivity contribution in [3.63, 3.8) is 0 Å². The number of carbonyl (C=O) groups is 3. The van der Waals surface area contributed by atoms with Crippen molar-refractivity contribution in [1.82, 2.24) is 0 Å². The minimum atomic E-state index is -0.785. The molecule has 352 valence electrons. The number of esters is 3. The molecule has 6 heteroatoms. The predicted molar refractivity (Wildman–Crippen MR) is 261 cm³/mol. The number of carbonyl (C=O) groups excluding carboxylic acids is 3. The van der Waals surface area contributed by atoms with E-state index in [2.05, 4.69) is 81.5 Å². The first-order chi connectivity index (χ1) is 30.0. The number of rotatable bonds is 46. The summed E-state index contributed by atoms with van der Waals surface area (Å²) in [6.45, 7) is 6.49. The minimum Gasteiger partial charge on any atom is -0.462 e. The molecule has 0 saturated heterocycles. The van der Waals surface area contributed by atoms with Crippen LogP contribution in [0.25, 0.3) is 0 Å². The van der Waals surface area contributed by atoms with Gasteiger partial charge in [0.2, 0.25) is 0 Å². The van der Waals surface area contributed by atoms with Gasteiger partial charge in [0.05, 0.1) is 0 Å². The Kier molecular flexibility index (Phi) is 47.4. The van der Waals surface area contributed by atoms with E-state index in [1.54, 1.807) is 0 Å². The van der Waals surface area contributed by atoms with E-state index >= 15 is 0 Å². The van der Waals surface area contributed by atoms with Gasteiger partial charge in [0.1, 0.15) is 13.2 Å². The predicted octanol–water partition coefficient (Wildman–Crippen LogP) is 16.9. The molecule has 0 spiro atoms. The standard InChI is InChI=1S/C55H96O6/c1-4-7-10-13-16-19-22-25-26-27-28-31-33-36-39-42-45-48-54(57)60-51-52(61-55(58)49-46-43-40-37-34-30-24-21-18-15-12-9-6-3)50-59-53(56)47-44-41-38-35-32-29-23-20-17-14-11-8-5-2/h7,10,16,19,21,24-26,28,31,52H,4-6,8-9,11-15,17-18,20,22-23,27,29-30,32-51H2,1-3H3/b10-7-,19-16-,24-21-,26-25-,31-28-/t52-/m0/s1. The van der Waals surface area contributed by atoms with Crippen molar-refractivity contribution in [2.45, 2.75) is 258 Å². The van der Waals surface area contributed by atoms with Crippen molar-refractivity contribution < 1.29 is 28.6 Å². The van der Waals surface area contributed by atoms with Gasteiger partial charge in [0.25, 0.3) is 0 Å². The molecule has 0 N–H and O–H groups in total. The molecule has 0 radical (unpaired) electrons. The lowest BCUT2D eigenvalue weighted by atomic mass is 10.0. The molecule has 0 aliphatic carbocycles. The minimum absolute atomic E-state index is 0.0836. The van der Waals surface area contributed by atoms with Crippen LogP contribution in [0.5, 0.6) is 0 Å². The second-order valence-electron chi connectivity index (χ2n) is 17.1. The Labute approximate surface area is 377 Å². The molecule has 0 aromatic heterocycles. The molecular weight excluding hydrogens is 757 g/mol. The third kappa shape index (κ3) is 48.0. The van der Waals surface area contributed by atoms with E-state index in [9.17, 15) is 14.4 Å². The normalized spacial score (nSPS) is 12.5. The number of hydrogen-bond donors (Lipinski definition) is 0. The van der Waals surface area contributed by atoms with E-state index < -0.39 is 6.10 Å². The van der Waals surface area contributed by atoms with Crippen molar-refractivity contribution in [3.8, 4) is 0 Å². The van der Waals surface area contributed by atoms with E-state index in [1.165, 1.54) is 103 Å². The lowest BCUT2D eigenvalue weighted by molar-refractivity contribution is -0.167. The summed E-state index contributed by atoms with van der Waals surface area (Å²) in [4.78, 5) is 37.9. The van der Waals surface area contributed by atoms with E-state index in [0.717, 1.165) is 109 Å². The zero-order valence-electron chi connectivity index (χ0n) is 40.2. The van der Waals surface area contributed by atoms with E-state index in [1.807, 2.05) is 0 Å².